The molecule has 2 aromatic rings. The first kappa shape index (κ1) is 17.0. The quantitative estimate of drug-likeness (QED) is 0.864. The summed E-state index contributed by atoms with van der Waals surface area (Å²) in [5, 5.41) is 12.1. The molecule has 5 nitrogen and oxygen atoms in total. The van der Waals surface area contributed by atoms with Gasteiger partial charge in [0.15, 0.2) is 0 Å². The Morgan fingerprint density at radius 3 is 2.43 bits per heavy atom. The minimum Gasteiger partial charge on any atom is -0.478 e. The summed E-state index contributed by atoms with van der Waals surface area (Å²) in [6.45, 7) is 6.10. The second-order valence-corrected chi connectivity index (χ2v) is 7.15. The van der Waals surface area contributed by atoms with E-state index < -0.39 is 12.1 Å². The zero-order valence-corrected chi connectivity index (χ0v) is 14.1. The zero-order chi connectivity index (χ0) is 17.0. The Morgan fingerprint density at radius 1 is 1.22 bits per heavy atom. The Morgan fingerprint density at radius 2 is 1.87 bits per heavy atom. The van der Waals surface area contributed by atoms with E-state index in [0.29, 0.717) is 5.00 Å². The summed E-state index contributed by atoms with van der Waals surface area (Å²) in [4.78, 5) is 24.1. The van der Waals surface area contributed by atoms with Gasteiger partial charge in [0.25, 0.3) is 0 Å². The Hall–Kier alpha value is -2.34. The Labute approximate surface area is 138 Å². The lowest BCUT2D eigenvalue weighted by atomic mass is 9.94. The van der Waals surface area contributed by atoms with Crippen molar-refractivity contribution in [1.29, 1.82) is 0 Å². The molecule has 23 heavy (non-hydrogen) atoms. The van der Waals surface area contributed by atoms with Crippen LogP contribution in [-0.2, 0) is 16.8 Å². The standard InChI is InChI=1S/C17H19NO4S/c1-17(2,3)13-9-12(15(19)20)14(23-13)18-16(21)22-10-11-7-5-4-6-8-11/h4-9H,10H2,1-3H3,(H,18,21)(H,19,20). The van der Waals surface area contributed by atoms with Gasteiger partial charge in [0, 0.05) is 4.88 Å². The van der Waals surface area contributed by atoms with Crippen molar-refractivity contribution in [3.8, 4) is 0 Å². The molecule has 0 aliphatic heterocycles. The van der Waals surface area contributed by atoms with Crippen molar-refractivity contribution in [3.63, 3.8) is 0 Å². The van der Waals surface area contributed by atoms with Gasteiger partial charge in [-0.05, 0) is 17.0 Å². The van der Waals surface area contributed by atoms with Gasteiger partial charge in [-0.2, -0.15) is 0 Å². The van der Waals surface area contributed by atoms with E-state index in [0.717, 1.165) is 10.4 Å². The van der Waals surface area contributed by atoms with Gasteiger partial charge in [-0.3, -0.25) is 5.32 Å². The summed E-state index contributed by atoms with van der Waals surface area (Å²) in [7, 11) is 0. The first-order valence-corrected chi connectivity index (χ1v) is 7.94. The summed E-state index contributed by atoms with van der Waals surface area (Å²) in [6.07, 6.45) is -0.668. The molecule has 1 aromatic carbocycles. The molecule has 0 bridgehead atoms. The third kappa shape index (κ3) is 4.56. The number of aromatic carboxylic acids is 1. The summed E-state index contributed by atoms with van der Waals surface area (Å²) in [5.74, 6) is -1.07. The zero-order valence-electron chi connectivity index (χ0n) is 13.3. The average molecular weight is 333 g/mol. The molecule has 0 spiro atoms. The molecule has 1 heterocycles. The van der Waals surface area contributed by atoms with Crippen LogP contribution in [0, 0.1) is 0 Å². The van der Waals surface area contributed by atoms with Crippen LogP contribution < -0.4 is 5.32 Å². The molecular formula is C17H19NO4S. The highest BCUT2D eigenvalue weighted by atomic mass is 32.1. The number of carboxylic acids is 1. The van der Waals surface area contributed by atoms with Crippen molar-refractivity contribution in [1.82, 2.24) is 0 Å². The van der Waals surface area contributed by atoms with Gasteiger partial charge in [0.2, 0.25) is 0 Å². The van der Waals surface area contributed by atoms with E-state index in [-0.39, 0.29) is 17.6 Å². The Bertz CT molecular complexity index is 701. The van der Waals surface area contributed by atoms with Crippen molar-refractivity contribution in [3.05, 3.63) is 52.4 Å². The number of ether oxygens (including phenoxy) is 1. The van der Waals surface area contributed by atoms with Gasteiger partial charge in [0.05, 0.1) is 5.56 Å². The molecule has 122 valence electrons. The third-order valence-corrected chi connectivity index (χ3v) is 4.61. The number of amides is 1. The van der Waals surface area contributed by atoms with Gasteiger partial charge < -0.3 is 9.84 Å². The van der Waals surface area contributed by atoms with Crippen LogP contribution in [0.3, 0.4) is 0 Å². The van der Waals surface area contributed by atoms with Crippen LogP contribution in [0.1, 0.15) is 41.6 Å². The first-order valence-electron chi connectivity index (χ1n) is 7.12. The topological polar surface area (TPSA) is 75.6 Å². The normalized spacial score (nSPS) is 11.1. The van der Waals surface area contributed by atoms with E-state index in [9.17, 15) is 14.7 Å². The van der Waals surface area contributed by atoms with Crippen LogP contribution in [0.25, 0.3) is 0 Å². The van der Waals surface area contributed by atoms with Crippen molar-refractivity contribution in [2.45, 2.75) is 32.8 Å². The highest BCUT2D eigenvalue weighted by Crippen LogP contribution is 2.36. The molecule has 2 N–H and O–H groups in total. The van der Waals surface area contributed by atoms with Crippen molar-refractivity contribution >= 4 is 28.4 Å². The lowest BCUT2D eigenvalue weighted by Gasteiger charge is -2.15. The van der Waals surface area contributed by atoms with Crippen molar-refractivity contribution in [2.75, 3.05) is 5.32 Å². The van der Waals surface area contributed by atoms with Crippen molar-refractivity contribution in [2.24, 2.45) is 0 Å². The van der Waals surface area contributed by atoms with E-state index in [1.165, 1.54) is 11.3 Å². The molecule has 0 radical (unpaired) electrons. The van der Waals surface area contributed by atoms with Gasteiger partial charge in [0.1, 0.15) is 11.6 Å². The lowest BCUT2D eigenvalue weighted by molar-refractivity contribution is 0.0698. The first-order chi connectivity index (χ1) is 10.8. The summed E-state index contributed by atoms with van der Waals surface area (Å²) in [6, 6.07) is 10.9. The average Bonchev–Trinajstić information content (AvgIpc) is 2.90. The number of nitrogens with one attached hydrogen (secondary N) is 1. The van der Waals surface area contributed by atoms with Crippen LogP contribution in [0.5, 0.6) is 0 Å². The smallest absolute Gasteiger partial charge is 0.412 e. The lowest BCUT2D eigenvalue weighted by Crippen LogP contribution is -2.14. The van der Waals surface area contributed by atoms with Gasteiger partial charge in [-0.25, -0.2) is 9.59 Å². The number of hydrogen-bond donors (Lipinski definition) is 2. The second kappa shape index (κ2) is 6.83. The maximum Gasteiger partial charge on any atom is 0.412 e. The van der Waals surface area contributed by atoms with Gasteiger partial charge in [-0.15, -0.1) is 11.3 Å². The summed E-state index contributed by atoms with van der Waals surface area (Å²) < 4.78 is 5.13. The molecule has 0 atom stereocenters. The van der Waals surface area contributed by atoms with Gasteiger partial charge in [-0.1, -0.05) is 51.1 Å². The monoisotopic (exact) mass is 333 g/mol. The number of carbonyl (C=O) groups is 2. The number of hydrogen-bond acceptors (Lipinski definition) is 4. The predicted molar refractivity (Wildman–Crippen MR) is 90.2 cm³/mol. The summed E-state index contributed by atoms with van der Waals surface area (Å²) >= 11 is 1.25. The maximum atomic E-state index is 11.9. The summed E-state index contributed by atoms with van der Waals surface area (Å²) in [5.41, 5.74) is 0.752. The number of benzene rings is 1. The minimum absolute atomic E-state index is 0.0802. The maximum absolute atomic E-state index is 11.9. The van der Waals surface area contributed by atoms with E-state index >= 15 is 0 Å². The van der Waals surface area contributed by atoms with Crippen LogP contribution >= 0.6 is 11.3 Å². The second-order valence-electron chi connectivity index (χ2n) is 6.10. The van der Waals surface area contributed by atoms with Crippen LogP contribution in [0.15, 0.2) is 36.4 Å². The molecule has 0 fully saturated rings. The SMILES string of the molecule is CC(C)(C)c1cc(C(=O)O)c(NC(=O)OCc2ccccc2)s1. The van der Waals surface area contributed by atoms with E-state index in [2.05, 4.69) is 5.32 Å². The highest BCUT2D eigenvalue weighted by molar-refractivity contribution is 7.16. The molecule has 0 aliphatic rings. The fraction of sp³-hybridized carbons (Fsp3) is 0.294. The fourth-order valence-electron chi connectivity index (χ4n) is 1.86. The molecule has 2 rings (SSSR count). The molecule has 0 unspecified atom stereocenters. The molecule has 0 saturated heterocycles. The number of thiophene rings is 1. The number of anilines is 1. The Balaban J connectivity index is 2.08. The third-order valence-electron chi connectivity index (χ3n) is 3.13. The molecule has 6 heteroatoms. The molecule has 1 amide bonds. The molecule has 0 aliphatic carbocycles. The van der Waals surface area contributed by atoms with E-state index in [1.807, 2.05) is 51.1 Å². The van der Waals surface area contributed by atoms with Crippen LogP contribution in [0.4, 0.5) is 9.80 Å². The number of rotatable bonds is 4. The molecular weight excluding hydrogens is 314 g/mol. The fourth-order valence-corrected chi connectivity index (χ4v) is 2.96. The molecule has 0 saturated carbocycles. The van der Waals surface area contributed by atoms with E-state index in [1.54, 1.807) is 6.07 Å². The highest BCUT2D eigenvalue weighted by Gasteiger charge is 2.23. The molecule has 1 aromatic heterocycles. The van der Waals surface area contributed by atoms with Crippen LogP contribution in [-0.4, -0.2) is 17.2 Å². The van der Waals surface area contributed by atoms with Crippen molar-refractivity contribution < 1.29 is 19.4 Å². The minimum atomic E-state index is -1.07. The van der Waals surface area contributed by atoms with Crippen LogP contribution in [0.2, 0.25) is 0 Å². The number of carbonyl (C=O) groups excluding carboxylic acids is 1. The number of carboxylic acid groups (broad SMARTS) is 1. The van der Waals surface area contributed by atoms with Gasteiger partial charge >= 0.3 is 12.1 Å². The Kier molecular flexibility index (Phi) is 5.05. The predicted octanol–water partition coefficient (Wildman–Crippen LogP) is 4.49. The largest absolute Gasteiger partial charge is 0.478 e. The van der Waals surface area contributed by atoms with E-state index in [4.69, 9.17) is 4.74 Å².